The molecule has 0 unspecified atom stereocenters. The number of hydrogen-bond donors (Lipinski definition) is 2. The summed E-state index contributed by atoms with van der Waals surface area (Å²) in [7, 11) is 0. The van der Waals surface area contributed by atoms with Crippen LogP contribution in [0.1, 0.15) is 50.8 Å². The van der Waals surface area contributed by atoms with Crippen LogP contribution in [0.2, 0.25) is 0 Å². The fourth-order valence-electron chi connectivity index (χ4n) is 4.77. The second-order valence-corrected chi connectivity index (χ2v) is 8.18. The van der Waals surface area contributed by atoms with Crippen LogP contribution in [-0.4, -0.2) is 47.1 Å². The van der Waals surface area contributed by atoms with Crippen LogP contribution < -0.4 is 11.1 Å². The maximum absolute atomic E-state index is 5.70. The lowest BCUT2D eigenvalue weighted by molar-refractivity contribution is 0.132. The second-order valence-electron chi connectivity index (χ2n) is 8.18. The van der Waals surface area contributed by atoms with E-state index in [-0.39, 0.29) is 0 Å². The van der Waals surface area contributed by atoms with Gasteiger partial charge < -0.3 is 16.0 Å². The Labute approximate surface area is 162 Å². The predicted octanol–water partition coefficient (Wildman–Crippen LogP) is 3.59. The number of likely N-dealkylation sites (tertiary alicyclic amines) is 1. The maximum atomic E-state index is 5.70. The van der Waals surface area contributed by atoms with Crippen molar-refractivity contribution in [2.24, 2.45) is 11.7 Å². The fraction of sp³-hybridized carbons (Fsp3) is 0.636. The van der Waals surface area contributed by atoms with Gasteiger partial charge in [-0.2, -0.15) is 0 Å². The quantitative estimate of drug-likeness (QED) is 0.783. The molecule has 3 N–H and O–H groups in total. The summed E-state index contributed by atoms with van der Waals surface area (Å²) in [5.74, 6) is 2.64. The molecule has 2 fully saturated rings. The number of benzene rings is 1. The standard InChI is InChI=1S/C22H33N5/c23-13-9-21-25-20-8-4-3-7-19(20)22(26-21)24-14-10-17-11-15-27(16-12-17)18-5-1-2-6-18/h3-4,7-8,17-18H,1-2,5-6,9-16,23H2,(H,24,25,26). The van der Waals surface area contributed by atoms with E-state index in [9.17, 15) is 0 Å². The van der Waals surface area contributed by atoms with Gasteiger partial charge in [0.2, 0.25) is 0 Å². The molecule has 1 saturated heterocycles. The van der Waals surface area contributed by atoms with E-state index in [1.807, 2.05) is 6.07 Å². The van der Waals surface area contributed by atoms with Crippen LogP contribution in [-0.2, 0) is 6.42 Å². The van der Waals surface area contributed by atoms with Crippen molar-refractivity contribution in [3.05, 3.63) is 30.1 Å². The van der Waals surface area contributed by atoms with Crippen molar-refractivity contribution in [3.8, 4) is 0 Å². The molecule has 27 heavy (non-hydrogen) atoms. The van der Waals surface area contributed by atoms with Crippen LogP contribution >= 0.6 is 0 Å². The van der Waals surface area contributed by atoms with Gasteiger partial charge in [-0.3, -0.25) is 0 Å². The van der Waals surface area contributed by atoms with Crippen LogP contribution in [0.3, 0.4) is 0 Å². The number of hydrogen-bond acceptors (Lipinski definition) is 5. The molecule has 2 aromatic rings. The van der Waals surface area contributed by atoms with E-state index < -0.39 is 0 Å². The number of piperidine rings is 1. The van der Waals surface area contributed by atoms with Crippen molar-refractivity contribution in [1.29, 1.82) is 0 Å². The lowest BCUT2D eigenvalue weighted by Crippen LogP contribution is -2.40. The molecule has 146 valence electrons. The second kappa shape index (κ2) is 8.98. The Bertz CT molecular complexity index is 733. The molecule has 1 aromatic carbocycles. The van der Waals surface area contributed by atoms with Crippen molar-refractivity contribution < 1.29 is 0 Å². The van der Waals surface area contributed by atoms with E-state index in [1.54, 1.807) is 0 Å². The van der Waals surface area contributed by atoms with Crippen molar-refractivity contribution in [3.63, 3.8) is 0 Å². The van der Waals surface area contributed by atoms with Gasteiger partial charge >= 0.3 is 0 Å². The summed E-state index contributed by atoms with van der Waals surface area (Å²) >= 11 is 0. The third-order valence-electron chi connectivity index (χ3n) is 6.35. The van der Waals surface area contributed by atoms with Crippen molar-refractivity contribution in [2.45, 2.75) is 57.4 Å². The molecule has 0 amide bonds. The van der Waals surface area contributed by atoms with Gasteiger partial charge in [0, 0.05) is 24.4 Å². The molecule has 1 saturated carbocycles. The summed E-state index contributed by atoms with van der Waals surface area (Å²) < 4.78 is 0. The molecule has 1 aliphatic heterocycles. The first-order chi connectivity index (χ1) is 13.3. The number of nitrogens with two attached hydrogens (primary N) is 1. The van der Waals surface area contributed by atoms with Crippen LogP contribution in [0.4, 0.5) is 5.82 Å². The van der Waals surface area contributed by atoms with Crippen LogP contribution in [0.25, 0.3) is 10.9 Å². The highest BCUT2D eigenvalue weighted by atomic mass is 15.2. The normalized spacial score (nSPS) is 19.7. The predicted molar refractivity (Wildman–Crippen MR) is 112 cm³/mol. The van der Waals surface area contributed by atoms with E-state index in [2.05, 4.69) is 33.4 Å². The Morgan fingerprint density at radius 2 is 1.81 bits per heavy atom. The summed E-state index contributed by atoms with van der Waals surface area (Å²) in [4.78, 5) is 12.1. The lowest BCUT2D eigenvalue weighted by Gasteiger charge is -2.36. The molecule has 0 radical (unpaired) electrons. The zero-order valence-electron chi connectivity index (χ0n) is 16.4. The van der Waals surface area contributed by atoms with Crippen molar-refractivity contribution in [1.82, 2.24) is 14.9 Å². The summed E-state index contributed by atoms with van der Waals surface area (Å²) in [5.41, 5.74) is 6.71. The van der Waals surface area contributed by atoms with Gasteiger partial charge in [-0.15, -0.1) is 0 Å². The van der Waals surface area contributed by atoms with Gasteiger partial charge in [0.1, 0.15) is 11.6 Å². The number of aromatic nitrogens is 2. The first-order valence-corrected chi connectivity index (χ1v) is 10.8. The molecule has 4 rings (SSSR count). The molecule has 2 heterocycles. The van der Waals surface area contributed by atoms with Crippen molar-refractivity contribution >= 4 is 16.7 Å². The number of anilines is 1. The minimum Gasteiger partial charge on any atom is -0.369 e. The molecule has 0 bridgehead atoms. The average molecular weight is 368 g/mol. The van der Waals surface area contributed by atoms with Gasteiger partial charge in [0.15, 0.2) is 0 Å². The van der Waals surface area contributed by atoms with Gasteiger partial charge in [0.25, 0.3) is 0 Å². The molecular weight excluding hydrogens is 334 g/mol. The summed E-state index contributed by atoms with van der Waals surface area (Å²) in [6.07, 6.45) is 10.4. The highest BCUT2D eigenvalue weighted by Gasteiger charge is 2.26. The fourth-order valence-corrected chi connectivity index (χ4v) is 4.77. The zero-order chi connectivity index (χ0) is 18.5. The van der Waals surface area contributed by atoms with Crippen LogP contribution in [0.15, 0.2) is 24.3 Å². The van der Waals surface area contributed by atoms with E-state index >= 15 is 0 Å². The number of rotatable bonds is 7. The van der Waals surface area contributed by atoms with E-state index in [0.717, 1.165) is 47.5 Å². The third-order valence-corrected chi connectivity index (χ3v) is 6.35. The third kappa shape index (κ3) is 4.58. The van der Waals surface area contributed by atoms with E-state index in [1.165, 1.54) is 58.0 Å². The number of para-hydroxylation sites is 1. The SMILES string of the molecule is NCCc1nc(NCCC2CCN(C3CCCC3)CC2)c2ccccc2n1. The molecule has 5 nitrogen and oxygen atoms in total. The largest absolute Gasteiger partial charge is 0.369 e. The Morgan fingerprint density at radius 3 is 2.59 bits per heavy atom. The molecule has 0 atom stereocenters. The summed E-state index contributed by atoms with van der Waals surface area (Å²) in [6.45, 7) is 4.16. The van der Waals surface area contributed by atoms with E-state index in [4.69, 9.17) is 10.7 Å². The monoisotopic (exact) mass is 367 g/mol. The Morgan fingerprint density at radius 1 is 1.04 bits per heavy atom. The number of fused-ring (bicyclic) bond motifs is 1. The van der Waals surface area contributed by atoms with Gasteiger partial charge in [0.05, 0.1) is 5.52 Å². The zero-order valence-corrected chi connectivity index (χ0v) is 16.4. The minimum absolute atomic E-state index is 0.581. The average Bonchev–Trinajstić information content (AvgIpc) is 3.24. The molecule has 1 aliphatic carbocycles. The van der Waals surface area contributed by atoms with Crippen molar-refractivity contribution in [2.75, 3.05) is 31.5 Å². The summed E-state index contributed by atoms with van der Waals surface area (Å²) in [6, 6.07) is 9.13. The van der Waals surface area contributed by atoms with Crippen LogP contribution in [0.5, 0.6) is 0 Å². The molecule has 0 spiro atoms. The molecule has 5 heteroatoms. The van der Waals surface area contributed by atoms with Gasteiger partial charge in [-0.1, -0.05) is 25.0 Å². The van der Waals surface area contributed by atoms with Gasteiger partial charge in [-0.25, -0.2) is 9.97 Å². The molecule has 2 aliphatic rings. The lowest BCUT2D eigenvalue weighted by atomic mass is 9.92. The Hall–Kier alpha value is -1.72. The maximum Gasteiger partial charge on any atom is 0.137 e. The highest BCUT2D eigenvalue weighted by Crippen LogP contribution is 2.29. The molecular formula is C22H33N5. The first-order valence-electron chi connectivity index (χ1n) is 10.8. The summed E-state index contributed by atoms with van der Waals surface area (Å²) in [5, 5.41) is 4.70. The van der Waals surface area contributed by atoms with Gasteiger partial charge in [-0.05, 0) is 69.8 Å². The smallest absolute Gasteiger partial charge is 0.137 e. The first kappa shape index (κ1) is 18.6. The molecule has 1 aromatic heterocycles. The highest BCUT2D eigenvalue weighted by molar-refractivity contribution is 5.88. The Kier molecular flexibility index (Phi) is 6.20. The number of nitrogens with one attached hydrogen (secondary N) is 1. The minimum atomic E-state index is 0.581. The number of nitrogens with zero attached hydrogens (tertiary/aromatic N) is 3. The van der Waals surface area contributed by atoms with E-state index in [0.29, 0.717) is 6.54 Å². The Balaban J connectivity index is 1.31. The van der Waals surface area contributed by atoms with Crippen LogP contribution in [0, 0.1) is 5.92 Å². The topological polar surface area (TPSA) is 67.1 Å².